The lowest BCUT2D eigenvalue weighted by molar-refractivity contribution is 0.415. The first kappa shape index (κ1) is 18.1. The van der Waals surface area contributed by atoms with Gasteiger partial charge in [-0.15, -0.1) is 0 Å². The Morgan fingerprint density at radius 3 is 2.31 bits per heavy atom. The molecular weight excluding hydrogens is 344 g/mol. The normalized spacial score (nSPS) is 11.8. The Hall–Kier alpha value is -2.73. The summed E-state index contributed by atoms with van der Waals surface area (Å²) in [6.07, 6.45) is 1.75. The highest BCUT2D eigenvalue weighted by Crippen LogP contribution is 2.25. The van der Waals surface area contributed by atoms with Gasteiger partial charge in [-0.25, -0.2) is 5.10 Å². The van der Waals surface area contributed by atoms with Crippen LogP contribution in [0.4, 0.5) is 0 Å². The van der Waals surface area contributed by atoms with E-state index in [1.165, 1.54) is 5.56 Å². The summed E-state index contributed by atoms with van der Waals surface area (Å²) in [6.45, 7) is 6.58. The first-order chi connectivity index (χ1) is 12.4. The summed E-state index contributed by atoms with van der Waals surface area (Å²) in [7, 11) is 1.64. The average molecular weight is 366 g/mol. The van der Waals surface area contributed by atoms with Crippen molar-refractivity contribution in [3.8, 4) is 17.1 Å². The summed E-state index contributed by atoms with van der Waals surface area (Å²) in [6, 6.07) is 16.0. The molecule has 134 valence electrons. The van der Waals surface area contributed by atoms with E-state index < -0.39 is 0 Å². The Balaban J connectivity index is 1.91. The monoisotopic (exact) mass is 366 g/mol. The minimum absolute atomic E-state index is 0.107. The number of nitrogens with zero attached hydrogens (tertiary/aromatic N) is 3. The molecule has 1 heterocycles. The largest absolute Gasteiger partial charge is 0.497 e. The quantitative estimate of drug-likeness (QED) is 0.533. The fourth-order valence-electron chi connectivity index (χ4n) is 2.52. The summed E-state index contributed by atoms with van der Waals surface area (Å²) in [5.41, 5.74) is 3.28. The number of aromatic nitrogens is 3. The smallest absolute Gasteiger partial charge is 0.216 e. The molecule has 6 heteroatoms. The van der Waals surface area contributed by atoms with Crippen LogP contribution < -0.4 is 4.74 Å². The molecule has 3 rings (SSSR count). The van der Waals surface area contributed by atoms with Crippen molar-refractivity contribution < 1.29 is 4.74 Å². The van der Waals surface area contributed by atoms with E-state index in [2.05, 4.69) is 48.2 Å². The van der Waals surface area contributed by atoms with E-state index in [4.69, 9.17) is 17.0 Å². The lowest BCUT2D eigenvalue weighted by Gasteiger charge is -2.18. The SMILES string of the molecule is COc1ccc(/C=N\n2c(-c3ccc(C(C)(C)C)cc3)n[nH]c2=S)cc1. The second-order valence-electron chi connectivity index (χ2n) is 7.01. The maximum absolute atomic E-state index is 5.32. The van der Waals surface area contributed by atoms with Crippen LogP contribution in [0.2, 0.25) is 0 Å². The van der Waals surface area contributed by atoms with Crippen LogP contribution in [0.1, 0.15) is 31.9 Å². The fourth-order valence-corrected chi connectivity index (χ4v) is 2.70. The van der Waals surface area contributed by atoms with Gasteiger partial charge in [0.2, 0.25) is 4.77 Å². The lowest BCUT2D eigenvalue weighted by Crippen LogP contribution is -2.10. The van der Waals surface area contributed by atoms with Crippen LogP contribution in [0.5, 0.6) is 5.75 Å². The van der Waals surface area contributed by atoms with Crippen molar-refractivity contribution in [1.29, 1.82) is 0 Å². The third kappa shape index (κ3) is 3.91. The van der Waals surface area contributed by atoms with E-state index >= 15 is 0 Å². The highest BCUT2D eigenvalue weighted by atomic mass is 32.1. The standard InChI is InChI=1S/C20H22N4OS/c1-20(2,3)16-9-7-15(8-10-16)18-22-23-19(26)24(18)21-13-14-5-11-17(25-4)12-6-14/h5-13H,1-4H3,(H,23,26)/b21-13-. The maximum atomic E-state index is 5.32. The third-order valence-electron chi connectivity index (χ3n) is 4.10. The van der Waals surface area contributed by atoms with Crippen molar-refractivity contribution in [2.75, 3.05) is 7.11 Å². The van der Waals surface area contributed by atoms with E-state index in [0.29, 0.717) is 10.6 Å². The fraction of sp³-hybridized carbons (Fsp3) is 0.250. The van der Waals surface area contributed by atoms with Gasteiger partial charge >= 0.3 is 0 Å². The molecule has 0 fully saturated rings. The van der Waals surface area contributed by atoms with Crippen molar-refractivity contribution >= 4 is 18.4 Å². The second kappa shape index (κ2) is 7.25. The van der Waals surface area contributed by atoms with E-state index in [-0.39, 0.29) is 5.41 Å². The number of nitrogens with one attached hydrogen (secondary N) is 1. The lowest BCUT2D eigenvalue weighted by atomic mass is 9.87. The molecule has 2 aromatic carbocycles. The number of aromatic amines is 1. The molecule has 0 aliphatic rings. The zero-order valence-electron chi connectivity index (χ0n) is 15.4. The Morgan fingerprint density at radius 1 is 1.08 bits per heavy atom. The van der Waals surface area contributed by atoms with Crippen molar-refractivity contribution in [3.05, 3.63) is 64.4 Å². The Labute approximate surface area is 158 Å². The Bertz CT molecular complexity index is 961. The molecule has 1 N–H and O–H groups in total. The summed E-state index contributed by atoms with van der Waals surface area (Å²) >= 11 is 5.32. The van der Waals surface area contributed by atoms with Gasteiger partial charge in [0, 0.05) is 5.56 Å². The highest BCUT2D eigenvalue weighted by Gasteiger charge is 2.14. The van der Waals surface area contributed by atoms with Crippen LogP contribution in [0.25, 0.3) is 11.4 Å². The van der Waals surface area contributed by atoms with E-state index in [0.717, 1.165) is 16.9 Å². The molecule has 26 heavy (non-hydrogen) atoms. The van der Waals surface area contributed by atoms with Gasteiger partial charge in [0.1, 0.15) is 5.75 Å². The Kier molecular flexibility index (Phi) is 5.04. The van der Waals surface area contributed by atoms with Crippen LogP contribution in [-0.4, -0.2) is 28.2 Å². The summed E-state index contributed by atoms with van der Waals surface area (Å²) in [5, 5.41) is 11.6. The number of methoxy groups -OCH3 is 1. The highest BCUT2D eigenvalue weighted by molar-refractivity contribution is 7.71. The minimum atomic E-state index is 0.107. The van der Waals surface area contributed by atoms with Crippen molar-refractivity contribution in [2.45, 2.75) is 26.2 Å². The molecule has 0 aliphatic heterocycles. The van der Waals surface area contributed by atoms with E-state index in [9.17, 15) is 0 Å². The molecule has 0 radical (unpaired) electrons. The zero-order valence-corrected chi connectivity index (χ0v) is 16.2. The van der Waals surface area contributed by atoms with Gasteiger partial charge < -0.3 is 4.74 Å². The topological polar surface area (TPSA) is 55.2 Å². The molecule has 0 unspecified atom stereocenters. The third-order valence-corrected chi connectivity index (χ3v) is 4.36. The van der Waals surface area contributed by atoms with Crippen molar-refractivity contribution in [3.63, 3.8) is 0 Å². The molecule has 0 aliphatic carbocycles. The van der Waals surface area contributed by atoms with Gasteiger partial charge in [-0.1, -0.05) is 45.0 Å². The summed E-state index contributed by atoms with van der Waals surface area (Å²) in [5.74, 6) is 1.49. The zero-order chi connectivity index (χ0) is 18.7. The second-order valence-corrected chi connectivity index (χ2v) is 7.40. The van der Waals surface area contributed by atoms with Gasteiger partial charge in [-0.2, -0.15) is 14.9 Å². The molecule has 5 nitrogen and oxygen atoms in total. The van der Waals surface area contributed by atoms with Crippen LogP contribution >= 0.6 is 12.2 Å². The average Bonchev–Trinajstić information content (AvgIpc) is 3.00. The molecule has 3 aromatic rings. The molecule has 0 saturated carbocycles. The molecular formula is C20H22N4OS. The number of hydrogen-bond acceptors (Lipinski definition) is 4. The molecule has 1 aromatic heterocycles. The molecule has 0 bridgehead atoms. The number of hydrogen-bond donors (Lipinski definition) is 1. The van der Waals surface area contributed by atoms with Gasteiger partial charge in [-0.3, -0.25) is 0 Å². The van der Waals surface area contributed by atoms with Crippen LogP contribution in [0.15, 0.2) is 53.6 Å². The number of H-pyrrole nitrogens is 1. The van der Waals surface area contributed by atoms with Crippen LogP contribution in [0.3, 0.4) is 0 Å². The van der Waals surface area contributed by atoms with E-state index in [1.807, 2.05) is 36.4 Å². The predicted molar refractivity (Wildman–Crippen MR) is 108 cm³/mol. The Morgan fingerprint density at radius 2 is 1.73 bits per heavy atom. The van der Waals surface area contributed by atoms with Gasteiger partial charge in [0.25, 0.3) is 0 Å². The maximum Gasteiger partial charge on any atom is 0.216 e. The van der Waals surface area contributed by atoms with Gasteiger partial charge in [-0.05, 0) is 53.0 Å². The van der Waals surface area contributed by atoms with Crippen molar-refractivity contribution in [1.82, 2.24) is 14.9 Å². The first-order valence-corrected chi connectivity index (χ1v) is 8.76. The van der Waals surface area contributed by atoms with Crippen LogP contribution in [0, 0.1) is 4.77 Å². The predicted octanol–water partition coefficient (Wildman–Crippen LogP) is 4.80. The van der Waals surface area contributed by atoms with E-state index in [1.54, 1.807) is 18.0 Å². The molecule has 0 amide bonds. The molecule has 0 atom stereocenters. The van der Waals surface area contributed by atoms with Gasteiger partial charge in [0.05, 0.1) is 13.3 Å². The first-order valence-electron chi connectivity index (χ1n) is 8.35. The van der Waals surface area contributed by atoms with Gasteiger partial charge in [0.15, 0.2) is 5.82 Å². The minimum Gasteiger partial charge on any atom is -0.497 e. The molecule has 0 saturated heterocycles. The number of ether oxygens (including phenoxy) is 1. The summed E-state index contributed by atoms with van der Waals surface area (Å²) < 4.78 is 7.25. The number of rotatable bonds is 4. The van der Waals surface area contributed by atoms with Crippen LogP contribution in [-0.2, 0) is 5.41 Å². The number of benzene rings is 2. The van der Waals surface area contributed by atoms with Crippen molar-refractivity contribution in [2.24, 2.45) is 5.10 Å². The molecule has 0 spiro atoms. The summed E-state index contributed by atoms with van der Waals surface area (Å²) in [4.78, 5) is 0.